The van der Waals surface area contributed by atoms with Gasteiger partial charge in [-0.3, -0.25) is 9.59 Å². The number of carbonyl (C=O) groups is 2. The van der Waals surface area contributed by atoms with Crippen LogP contribution in [0.25, 0.3) is 0 Å². The first kappa shape index (κ1) is 16.3. The summed E-state index contributed by atoms with van der Waals surface area (Å²) in [5.41, 5.74) is -0.600. The summed E-state index contributed by atoms with van der Waals surface area (Å²) in [7, 11) is 0. The Labute approximate surface area is 148 Å². The molecular formula is C18H15ClFNO4. The highest BCUT2D eigenvalue weighted by Gasteiger charge is 2.71. The monoisotopic (exact) mass is 363 g/mol. The Morgan fingerprint density at radius 2 is 2.28 bits per heavy atom. The second-order valence-electron chi connectivity index (χ2n) is 6.48. The van der Waals surface area contributed by atoms with E-state index in [1.54, 1.807) is 18.2 Å². The van der Waals surface area contributed by atoms with E-state index in [0.717, 1.165) is 0 Å². The van der Waals surface area contributed by atoms with E-state index in [2.05, 4.69) is 6.58 Å². The van der Waals surface area contributed by atoms with Gasteiger partial charge in [0.2, 0.25) is 5.91 Å². The zero-order chi connectivity index (χ0) is 17.9. The van der Waals surface area contributed by atoms with Gasteiger partial charge in [0.25, 0.3) is 0 Å². The van der Waals surface area contributed by atoms with Crippen molar-refractivity contribution in [1.29, 1.82) is 0 Å². The van der Waals surface area contributed by atoms with Gasteiger partial charge in [-0.15, -0.1) is 6.58 Å². The van der Waals surface area contributed by atoms with Gasteiger partial charge in [0.15, 0.2) is 0 Å². The Kier molecular flexibility index (Phi) is 3.53. The molecule has 5 nitrogen and oxygen atoms in total. The van der Waals surface area contributed by atoms with Crippen molar-refractivity contribution in [2.75, 3.05) is 4.90 Å². The summed E-state index contributed by atoms with van der Waals surface area (Å²) in [5.74, 6) is -3.77. The van der Waals surface area contributed by atoms with Gasteiger partial charge in [0.05, 0.1) is 23.1 Å². The Balaban J connectivity index is 1.84. The lowest BCUT2D eigenvalue weighted by atomic mass is 9.74. The highest BCUT2D eigenvalue weighted by molar-refractivity contribution is 6.31. The first-order valence-corrected chi connectivity index (χ1v) is 8.27. The van der Waals surface area contributed by atoms with Crippen LogP contribution >= 0.6 is 11.6 Å². The van der Waals surface area contributed by atoms with Crippen molar-refractivity contribution in [3.8, 4) is 0 Å². The summed E-state index contributed by atoms with van der Waals surface area (Å²) in [6, 6.07) is 3.55. The predicted octanol–water partition coefficient (Wildman–Crippen LogP) is 2.79. The largest absolute Gasteiger partial charge is 0.481 e. The number of aliphatic carboxylic acids is 1. The molecule has 3 aliphatic heterocycles. The van der Waals surface area contributed by atoms with E-state index < -0.39 is 41.4 Å². The molecule has 0 saturated carbocycles. The van der Waals surface area contributed by atoms with Gasteiger partial charge in [-0.25, -0.2) is 4.39 Å². The Morgan fingerprint density at radius 1 is 1.52 bits per heavy atom. The standard InChI is InChI=1S/C18H15ClFNO4/c1-2-3-13-18-7-6-12(25-18)14(17(23)24)15(18)16(22)21(13)9-4-5-11(20)10(19)8-9/h2,4-8,12-15H,1,3H2,(H,23,24)/t12-,13+,14-,15-,18-/m1/s1. The Hall–Kier alpha value is -2.18. The number of ether oxygens (including phenoxy) is 1. The Bertz CT molecular complexity index is 825. The van der Waals surface area contributed by atoms with Crippen molar-refractivity contribution in [1.82, 2.24) is 0 Å². The summed E-state index contributed by atoms with van der Waals surface area (Å²) in [5, 5.41) is 9.47. The third-order valence-electron chi connectivity index (χ3n) is 5.28. The minimum absolute atomic E-state index is 0.104. The van der Waals surface area contributed by atoms with Crippen LogP contribution in [0.5, 0.6) is 0 Å². The van der Waals surface area contributed by atoms with E-state index in [9.17, 15) is 19.1 Å². The average molecular weight is 364 g/mol. The van der Waals surface area contributed by atoms with Crippen LogP contribution in [0.4, 0.5) is 10.1 Å². The fourth-order valence-corrected chi connectivity index (χ4v) is 4.50. The fraction of sp³-hybridized carbons (Fsp3) is 0.333. The van der Waals surface area contributed by atoms with Gasteiger partial charge in [-0.2, -0.15) is 0 Å². The molecule has 1 amide bonds. The molecule has 2 bridgehead atoms. The molecule has 0 aliphatic carbocycles. The normalized spacial score (nSPS) is 35.3. The maximum atomic E-state index is 13.5. The molecule has 2 saturated heterocycles. The second-order valence-corrected chi connectivity index (χ2v) is 6.89. The smallest absolute Gasteiger partial charge is 0.310 e. The molecule has 1 aromatic carbocycles. The van der Waals surface area contributed by atoms with Gasteiger partial charge in [-0.05, 0) is 24.6 Å². The SMILES string of the molecule is C=CC[C@@H]1N(c2ccc(F)c(Cl)c2)C(=O)[C@H]2[C@H](C(=O)O)[C@H]3C=C[C@@]12O3. The topological polar surface area (TPSA) is 66.8 Å². The molecule has 3 aliphatic rings. The van der Waals surface area contributed by atoms with Crippen molar-refractivity contribution in [2.24, 2.45) is 11.8 Å². The van der Waals surface area contributed by atoms with Gasteiger partial charge in [-0.1, -0.05) is 29.8 Å². The molecule has 25 heavy (non-hydrogen) atoms. The molecule has 130 valence electrons. The van der Waals surface area contributed by atoms with Crippen molar-refractivity contribution in [3.05, 3.63) is 53.8 Å². The maximum Gasteiger partial charge on any atom is 0.310 e. The van der Waals surface area contributed by atoms with E-state index in [1.165, 1.54) is 23.1 Å². The van der Waals surface area contributed by atoms with Crippen LogP contribution in [0.2, 0.25) is 5.02 Å². The average Bonchev–Trinajstić information content (AvgIpc) is 3.20. The van der Waals surface area contributed by atoms with Crippen LogP contribution in [-0.2, 0) is 14.3 Å². The van der Waals surface area contributed by atoms with E-state index >= 15 is 0 Å². The number of fused-ring (bicyclic) bond motifs is 1. The molecule has 0 aromatic heterocycles. The van der Waals surface area contributed by atoms with E-state index in [0.29, 0.717) is 12.1 Å². The zero-order valence-corrected chi connectivity index (χ0v) is 13.8. The number of hydrogen-bond acceptors (Lipinski definition) is 3. The quantitative estimate of drug-likeness (QED) is 0.835. The number of benzene rings is 1. The number of anilines is 1. The van der Waals surface area contributed by atoms with Gasteiger partial charge < -0.3 is 14.7 Å². The number of hydrogen-bond donors (Lipinski definition) is 1. The van der Waals surface area contributed by atoms with Gasteiger partial charge in [0, 0.05) is 5.69 Å². The number of nitrogens with zero attached hydrogens (tertiary/aromatic N) is 1. The summed E-state index contributed by atoms with van der Waals surface area (Å²) < 4.78 is 19.5. The summed E-state index contributed by atoms with van der Waals surface area (Å²) in [6.07, 6.45) is 4.95. The number of halogens is 2. The van der Waals surface area contributed by atoms with Crippen molar-refractivity contribution in [2.45, 2.75) is 24.2 Å². The van der Waals surface area contributed by atoms with Crippen molar-refractivity contribution >= 4 is 29.2 Å². The molecule has 4 rings (SSSR count). The van der Waals surface area contributed by atoms with E-state index in [1.807, 2.05) is 0 Å². The number of carbonyl (C=O) groups excluding carboxylic acids is 1. The van der Waals surface area contributed by atoms with Crippen LogP contribution in [0, 0.1) is 17.7 Å². The van der Waals surface area contributed by atoms with Crippen molar-refractivity contribution in [3.63, 3.8) is 0 Å². The molecule has 7 heteroatoms. The first-order valence-electron chi connectivity index (χ1n) is 7.89. The minimum Gasteiger partial charge on any atom is -0.481 e. The molecule has 1 N–H and O–H groups in total. The van der Waals surface area contributed by atoms with Crippen LogP contribution in [-0.4, -0.2) is 34.7 Å². The zero-order valence-electron chi connectivity index (χ0n) is 13.1. The number of amides is 1. The molecule has 3 heterocycles. The molecule has 0 unspecified atom stereocenters. The molecule has 2 fully saturated rings. The van der Waals surface area contributed by atoms with Gasteiger partial charge in [0.1, 0.15) is 17.3 Å². The highest BCUT2D eigenvalue weighted by Crippen LogP contribution is 2.56. The van der Waals surface area contributed by atoms with E-state index in [4.69, 9.17) is 16.3 Å². The maximum absolute atomic E-state index is 13.5. The molecule has 5 atom stereocenters. The fourth-order valence-electron chi connectivity index (χ4n) is 4.32. The molecule has 1 aromatic rings. The molecule has 1 spiro atoms. The number of carboxylic acid groups (broad SMARTS) is 1. The van der Waals surface area contributed by atoms with Crippen molar-refractivity contribution < 1.29 is 23.8 Å². The summed E-state index contributed by atoms with van der Waals surface area (Å²) in [6.45, 7) is 3.74. The molecular weight excluding hydrogens is 349 g/mol. The lowest BCUT2D eigenvalue weighted by molar-refractivity contribution is -0.146. The van der Waals surface area contributed by atoms with Crippen LogP contribution < -0.4 is 4.90 Å². The number of rotatable bonds is 4. The van der Waals surface area contributed by atoms with Crippen LogP contribution in [0.1, 0.15) is 6.42 Å². The second kappa shape index (κ2) is 5.41. The van der Waals surface area contributed by atoms with Crippen LogP contribution in [0.15, 0.2) is 43.0 Å². The Morgan fingerprint density at radius 3 is 2.92 bits per heavy atom. The van der Waals surface area contributed by atoms with Gasteiger partial charge >= 0.3 is 5.97 Å². The highest BCUT2D eigenvalue weighted by atomic mass is 35.5. The summed E-state index contributed by atoms with van der Waals surface area (Å²) in [4.78, 5) is 26.3. The summed E-state index contributed by atoms with van der Waals surface area (Å²) >= 11 is 5.87. The lowest BCUT2D eigenvalue weighted by Gasteiger charge is -2.32. The third-order valence-corrected chi connectivity index (χ3v) is 5.57. The molecule has 0 radical (unpaired) electrons. The van der Waals surface area contributed by atoms with E-state index in [-0.39, 0.29) is 10.9 Å². The predicted molar refractivity (Wildman–Crippen MR) is 88.9 cm³/mol. The van der Waals surface area contributed by atoms with Crippen LogP contribution in [0.3, 0.4) is 0 Å². The first-order chi connectivity index (χ1) is 11.9. The number of carboxylic acids is 1. The lowest BCUT2D eigenvalue weighted by Crippen LogP contribution is -2.45. The minimum atomic E-state index is -1.06. The third kappa shape index (κ3) is 2.04.